The highest BCUT2D eigenvalue weighted by atomic mass is 35.5. The van der Waals surface area contributed by atoms with Crippen LogP contribution in [0.2, 0.25) is 5.02 Å². The standard InChI is InChI=1S/C29H36ClF3N4O3/c1-6-37(19(3)28(4,5)40)17-25(34)21-9-7-20(8-10-21)15-23(13-14-38)36-27(39)22-11-12-26(24(30)16-22)35-18(2)29(31,32)33/h7-12,16-17,23,38,40H,3,6,13-15,34H2,1-2,4-5H3,(H,36,39)/b25-17-,35-18+/t23-/m1/s1. The van der Waals surface area contributed by atoms with Crippen LogP contribution < -0.4 is 11.1 Å². The molecule has 40 heavy (non-hydrogen) atoms. The minimum atomic E-state index is -4.58. The highest BCUT2D eigenvalue weighted by Gasteiger charge is 2.32. The molecule has 0 aliphatic carbocycles. The first-order valence-corrected chi connectivity index (χ1v) is 13.0. The lowest BCUT2D eigenvalue weighted by molar-refractivity contribution is -0.0591. The molecule has 0 spiro atoms. The van der Waals surface area contributed by atoms with E-state index < -0.39 is 29.4 Å². The Morgan fingerprint density at radius 3 is 2.30 bits per heavy atom. The fraction of sp³-hybridized carbons (Fsp3) is 0.379. The van der Waals surface area contributed by atoms with Crippen LogP contribution >= 0.6 is 11.6 Å². The topological polar surface area (TPSA) is 111 Å². The molecule has 0 aliphatic rings. The third-order valence-corrected chi connectivity index (χ3v) is 6.48. The Hall–Kier alpha value is -3.34. The number of hydrogen-bond donors (Lipinski definition) is 4. The first-order valence-electron chi connectivity index (χ1n) is 12.7. The van der Waals surface area contributed by atoms with Crippen molar-refractivity contribution in [3.63, 3.8) is 0 Å². The molecule has 1 atom stereocenters. The molecule has 0 fully saturated rings. The number of benzene rings is 2. The zero-order valence-electron chi connectivity index (χ0n) is 23.0. The summed E-state index contributed by atoms with van der Waals surface area (Å²) in [4.78, 5) is 18.1. The zero-order valence-corrected chi connectivity index (χ0v) is 23.8. The summed E-state index contributed by atoms with van der Waals surface area (Å²) >= 11 is 6.09. The zero-order chi connectivity index (χ0) is 30.3. The molecule has 218 valence electrons. The van der Waals surface area contributed by atoms with Crippen molar-refractivity contribution in [2.45, 2.75) is 58.4 Å². The van der Waals surface area contributed by atoms with E-state index in [-0.39, 0.29) is 29.3 Å². The number of alkyl halides is 3. The maximum atomic E-state index is 12.8. The average molecular weight is 581 g/mol. The van der Waals surface area contributed by atoms with Gasteiger partial charge in [0.2, 0.25) is 0 Å². The Balaban J connectivity index is 2.14. The van der Waals surface area contributed by atoms with Gasteiger partial charge in [-0.05, 0) is 69.9 Å². The third-order valence-electron chi connectivity index (χ3n) is 6.18. The minimum Gasteiger partial charge on any atom is -0.397 e. The lowest BCUT2D eigenvalue weighted by atomic mass is 10.0. The van der Waals surface area contributed by atoms with Gasteiger partial charge in [-0.25, -0.2) is 4.99 Å². The van der Waals surface area contributed by atoms with Crippen molar-refractivity contribution >= 4 is 34.6 Å². The van der Waals surface area contributed by atoms with Gasteiger partial charge in [-0.15, -0.1) is 0 Å². The van der Waals surface area contributed by atoms with E-state index >= 15 is 0 Å². The number of aliphatic hydroxyl groups excluding tert-OH is 1. The van der Waals surface area contributed by atoms with E-state index in [1.807, 2.05) is 31.2 Å². The second kappa shape index (κ2) is 13.8. The molecule has 0 saturated heterocycles. The highest BCUT2D eigenvalue weighted by molar-refractivity contribution is 6.33. The molecule has 0 saturated carbocycles. The number of nitrogens with two attached hydrogens (primary N) is 1. The predicted octanol–water partition coefficient (Wildman–Crippen LogP) is 5.58. The van der Waals surface area contributed by atoms with Crippen molar-refractivity contribution in [2.24, 2.45) is 10.7 Å². The maximum absolute atomic E-state index is 12.8. The number of hydrogen-bond acceptors (Lipinski definition) is 6. The number of nitrogens with one attached hydrogen (secondary N) is 1. The molecule has 2 rings (SSSR count). The van der Waals surface area contributed by atoms with Crippen LogP contribution in [0.5, 0.6) is 0 Å². The van der Waals surface area contributed by atoms with Gasteiger partial charge in [0.1, 0.15) is 5.71 Å². The molecular formula is C29H36ClF3N4O3. The minimum absolute atomic E-state index is 0.0936. The van der Waals surface area contributed by atoms with Crippen LogP contribution in [0, 0.1) is 0 Å². The van der Waals surface area contributed by atoms with Crippen LogP contribution in [0.15, 0.2) is 65.9 Å². The van der Waals surface area contributed by atoms with Crippen LogP contribution in [0.1, 0.15) is 55.6 Å². The smallest absolute Gasteiger partial charge is 0.397 e. The molecule has 0 heterocycles. The number of rotatable bonds is 12. The number of carbonyl (C=O) groups excluding carboxylic acids is 1. The summed E-state index contributed by atoms with van der Waals surface area (Å²) < 4.78 is 38.3. The molecule has 0 unspecified atom stereocenters. The molecule has 0 radical (unpaired) electrons. The van der Waals surface area contributed by atoms with Crippen molar-refractivity contribution in [3.8, 4) is 0 Å². The fourth-order valence-electron chi connectivity index (χ4n) is 3.70. The molecule has 7 nitrogen and oxygen atoms in total. The Bertz CT molecular complexity index is 1250. The molecule has 0 aliphatic heterocycles. The number of nitrogens with zero attached hydrogens (tertiary/aromatic N) is 2. The van der Waals surface area contributed by atoms with Gasteiger partial charge in [0.05, 0.1) is 22.0 Å². The SMILES string of the molecule is C=C(N(/C=C(\N)c1ccc(C[C@@H](CCO)NC(=O)c2ccc(/N=C(\C)C(F)(F)F)c(Cl)c2)cc1)CC)C(C)(C)O. The molecule has 0 bridgehead atoms. The van der Waals surface area contributed by atoms with Crippen LogP contribution in [0.25, 0.3) is 5.70 Å². The summed E-state index contributed by atoms with van der Waals surface area (Å²) in [6.07, 6.45) is -2.18. The molecular weight excluding hydrogens is 545 g/mol. The van der Waals surface area contributed by atoms with Crippen LogP contribution in [0.4, 0.5) is 18.9 Å². The number of aliphatic imine (C=N–C) groups is 1. The van der Waals surface area contributed by atoms with Gasteiger partial charge in [0.25, 0.3) is 5.91 Å². The Morgan fingerprint density at radius 1 is 1.20 bits per heavy atom. The summed E-state index contributed by atoms with van der Waals surface area (Å²) in [5, 5.41) is 22.5. The van der Waals surface area contributed by atoms with E-state index in [1.54, 1.807) is 24.9 Å². The Morgan fingerprint density at radius 2 is 1.80 bits per heavy atom. The van der Waals surface area contributed by atoms with Gasteiger partial charge in [-0.3, -0.25) is 4.79 Å². The van der Waals surface area contributed by atoms with E-state index in [1.165, 1.54) is 18.2 Å². The largest absolute Gasteiger partial charge is 0.429 e. The number of aliphatic hydroxyl groups is 2. The Labute approximate surface area is 237 Å². The van der Waals surface area contributed by atoms with Gasteiger partial charge in [0.15, 0.2) is 0 Å². The predicted molar refractivity (Wildman–Crippen MR) is 153 cm³/mol. The highest BCUT2D eigenvalue weighted by Crippen LogP contribution is 2.29. The Kier molecular flexibility index (Phi) is 11.4. The van der Waals surface area contributed by atoms with Crippen LogP contribution in [-0.4, -0.2) is 57.7 Å². The van der Waals surface area contributed by atoms with E-state index in [9.17, 15) is 28.2 Å². The van der Waals surface area contributed by atoms with Crippen molar-refractivity contribution in [1.82, 2.24) is 10.2 Å². The van der Waals surface area contributed by atoms with E-state index in [0.29, 0.717) is 24.4 Å². The fourth-order valence-corrected chi connectivity index (χ4v) is 3.93. The van der Waals surface area contributed by atoms with Gasteiger partial charge >= 0.3 is 6.18 Å². The summed E-state index contributed by atoms with van der Waals surface area (Å²) in [6.45, 7) is 10.4. The van der Waals surface area contributed by atoms with Gasteiger partial charge < -0.3 is 26.2 Å². The van der Waals surface area contributed by atoms with E-state index in [0.717, 1.165) is 18.1 Å². The number of carbonyl (C=O) groups is 1. The first-order chi connectivity index (χ1) is 18.6. The van der Waals surface area contributed by atoms with Gasteiger partial charge in [0, 0.05) is 36.7 Å². The third kappa shape index (κ3) is 9.39. The molecule has 1 amide bonds. The molecule has 2 aromatic rings. The van der Waals surface area contributed by atoms with Crippen molar-refractivity contribution in [2.75, 3.05) is 13.2 Å². The number of halogens is 4. The first kappa shape index (κ1) is 32.9. The molecule has 11 heteroatoms. The number of likely N-dealkylation sites (N-methyl/N-ethyl adjacent to an activating group) is 1. The van der Waals surface area contributed by atoms with E-state index in [4.69, 9.17) is 17.3 Å². The second-order valence-electron chi connectivity index (χ2n) is 9.82. The quantitative estimate of drug-likeness (QED) is 0.245. The van der Waals surface area contributed by atoms with Gasteiger partial charge in [-0.2, -0.15) is 13.2 Å². The molecule has 5 N–H and O–H groups in total. The normalized spacial score (nSPS) is 13.7. The summed E-state index contributed by atoms with van der Waals surface area (Å²) in [7, 11) is 0. The molecule has 0 aromatic heterocycles. The lowest BCUT2D eigenvalue weighted by Gasteiger charge is -2.30. The molecule has 2 aromatic carbocycles. The van der Waals surface area contributed by atoms with Crippen LogP contribution in [0.3, 0.4) is 0 Å². The maximum Gasteiger partial charge on any atom is 0.429 e. The van der Waals surface area contributed by atoms with E-state index in [2.05, 4.69) is 16.9 Å². The summed E-state index contributed by atoms with van der Waals surface area (Å²) in [6, 6.07) is 10.8. The summed E-state index contributed by atoms with van der Waals surface area (Å²) in [5.74, 6) is -0.487. The van der Waals surface area contributed by atoms with Crippen molar-refractivity contribution in [1.29, 1.82) is 0 Å². The monoisotopic (exact) mass is 580 g/mol. The lowest BCUT2D eigenvalue weighted by Crippen LogP contribution is -2.37. The van der Waals surface area contributed by atoms with Crippen molar-refractivity contribution in [3.05, 3.63) is 82.7 Å². The summed E-state index contributed by atoms with van der Waals surface area (Å²) in [5.41, 5.74) is 6.81. The van der Waals surface area contributed by atoms with Crippen LogP contribution in [-0.2, 0) is 6.42 Å². The van der Waals surface area contributed by atoms with Gasteiger partial charge in [-0.1, -0.05) is 42.4 Å². The second-order valence-corrected chi connectivity index (χ2v) is 10.2. The van der Waals surface area contributed by atoms with Crippen molar-refractivity contribution < 1.29 is 28.2 Å². The number of amides is 1. The average Bonchev–Trinajstić information content (AvgIpc) is 2.87.